The van der Waals surface area contributed by atoms with Crippen LogP contribution in [-0.4, -0.2) is 29.3 Å². The molecule has 5 heteroatoms. The van der Waals surface area contributed by atoms with Crippen molar-refractivity contribution in [2.75, 3.05) is 13.7 Å². The van der Waals surface area contributed by atoms with Crippen LogP contribution >= 0.6 is 0 Å². The van der Waals surface area contributed by atoms with E-state index in [1.807, 2.05) is 0 Å². The van der Waals surface area contributed by atoms with Gasteiger partial charge in [-0.05, 0) is 44.2 Å². The van der Waals surface area contributed by atoms with Gasteiger partial charge in [0.05, 0.1) is 5.39 Å². The molecule has 1 aliphatic rings. The molecule has 0 radical (unpaired) electrons. The van der Waals surface area contributed by atoms with E-state index >= 15 is 0 Å². The van der Waals surface area contributed by atoms with E-state index in [4.69, 9.17) is 4.74 Å². The minimum atomic E-state index is -0.180. The molecule has 2 aromatic heterocycles. The molecule has 1 aliphatic carbocycles. The van der Waals surface area contributed by atoms with Crippen molar-refractivity contribution in [2.45, 2.75) is 51.2 Å². The van der Waals surface area contributed by atoms with Gasteiger partial charge in [0.1, 0.15) is 11.5 Å². The lowest BCUT2D eigenvalue weighted by atomic mass is 10.1. The molecule has 1 atom stereocenters. The highest BCUT2D eigenvalue weighted by Gasteiger charge is 2.25. The number of pyridine rings is 1. The van der Waals surface area contributed by atoms with Gasteiger partial charge in [0.2, 0.25) is 0 Å². The summed E-state index contributed by atoms with van der Waals surface area (Å²) in [5.41, 5.74) is 1.76. The molecule has 2 aromatic rings. The van der Waals surface area contributed by atoms with Crippen molar-refractivity contribution in [1.82, 2.24) is 14.9 Å². The summed E-state index contributed by atoms with van der Waals surface area (Å²) in [6.45, 7) is 3.70. The summed E-state index contributed by atoms with van der Waals surface area (Å²) in [6, 6.07) is 2.19. The van der Waals surface area contributed by atoms with E-state index in [1.165, 1.54) is 18.9 Å². The van der Waals surface area contributed by atoms with Crippen LogP contribution in [0.1, 0.15) is 44.2 Å². The summed E-state index contributed by atoms with van der Waals surface area (Å²) in [4.78, 5) is 4.40. The summed E-state index contributed by atoms with van der Waals surface area (Å²) < 4.78 is 21.5. The number of nitrogens with zero attached hydrogens (tertiary/aromatic N) is 2. The Labute approximate surface area is 130 Å². The van der Waals surface area contributed by atoms with Gasteiger partial charge in [0.15, 0.2) is 0 Å². The minimum absolute atomic E-state index is 0.147. The number of hydrogen-bond acceptors (Lipinski definition) is 3. The summed E-state index contributed by atoms with van der Waals surface area (Å²) in [6.07, 6.45) is 8.05. The van der Waals surface area contributed by atoms with E-state index < -0.39 is 0 Å². The van der Waals surface area contributed by atoms with Crippen molar-refractivity contribution < 1.29 is 9.13 Å². The fraction of sp³-hybridized carbons (Fsp3) is 0.588. The zero-order chi connectivity index (χ0) is 15.5. The van der Waals surface area contributed by atoms with E-state index in [2.05, 4.69) is 28.0 Å². The van der Waals surface area contributed by atoms with E-state index in [0.29, 0.717) is 11.4 Å². The van der Waals surface area contributed by atoms with Crippen LogP contribution in [0.15, 0.2) is 18.5 Å². The van der Waals surface area contributed by atoms with Gasteiger partial charge >= 0.3 is 0 Å². The van der Waals surface area contributed by atoms with Gasteiger partial charge < -0.3 is 14.6 Å². The first-order chi connectivity index (χ1) is 10.7. The normalized spacial score (nSPS) is 16.3. The van der Waals surface area contributed by atoms with Crippen molar-refractivity contribution >= 4 is 11.0 Å². The number of fused-ring (bicyclic) bond motifs is 1. The fourth-order valence-electron chi connectivity index (χ4n) is 2.93. The van der Waals surface area contributed by atoms with Gasteiger partial charge in [0, 0.05) is 44.7 Å². The lowest BCUT2D eigenvalue weighted by molar-refractivity contribution is 0.191. The Morgan fingerprint density at radius 2 is 2.27 bits per heavy atom. The highest BCUT2D eigenvalue weighted by molar-refractivity contribution is 5.81. The van der Waals surface area contributed by atoms with Crippen LogP contribution < -0.4 is 5.32 Å². The first kappa shape index (κ1) is 15.4. The standard InChI is InChI=1S/C17H24FN3O/c1-12(20-13-5-6-13)14-11-21(9-3-4-10-22-2)17-16(14)15(18)7-8-19-17/h7-8,11-13,20H,3-6,9-10H2,1-2H3. The Balaban J connectivity index is 1.86. The largest absolute Gasteiger partial charge is 0.385 e. The third kappa shape index (κ3) is 3.31. The molecule has 3 rings (SSSR count). The molecular formula is C17H24FN3O. The van der Waals surface area contributed by atoms with E-state index in [1.54, 1.807) is 13.3 Å². The van der Waals surface area contributed by atoms with Crippen LogP contribution in [0.25, 0.3) is 11.0 Å². The second-order valence-corrected chi connectivity index (χ2v) is 6.13. The SMILES string of the molecule is COCCCCn1cc(C(C)NC2CC2)c2c(F)ccnc21. The van der Waals surface area contributed by atoms with Gasteiger partial charge in [0.25, 0.3) is 0 Å². The molecular weight excluding hydrogens is 281 g/mol. The lowest BCUT2D eigenvalue weighted by Crippen LogP contribution is -2.20. The van der Waals surface area contributed by atoms with Crippen LogP contribution in [0.4, 0.5) is 4.39 Å². The Kier molecular flexibility index (Phi) is 4.74. The second-order valence-electron chi connectivity index (χ2n) is 6.13. The molecule has 0 saturated heterocycles. The van der Waals surface area contributed by atoms with Crippen molar-refractivity contribution in [3.8, 4) is 0 Å². The van der Waals surface area contributed by atoms with Crippen LogP contribution in [0.5, 0.6) is 0 Å². The number of nitrogens with one attached hydrogen (secondary N) is 1. The predicted octanol–water partition coefficient (Wildman–Crippen LogP) is 3.42. The average Bonchev–Trinajstić information content (AvgIpc) is 3.23. The Bertz CT molecular complexity index is 636. The number of unbranched alkanes of at least 4 members (excludes halogenated alkanes) is 1. The fourth-order valence-corrected chi connectivity index (χ4v) is 2.93. The minimum Gasteiger partial charge on any atom is -0.385 e. The molecule has 1 unspecified atom stereocenters. The Morgan fingerprint density at radius 1 is 1.45 bits per heavy atom. The van der Waals surface area contributed by atoms with Crippen molar-refractivity contribution in [3.05, 3.63) is 29.8 Å². The van der Waals surface area contributed by atoms with Gasteiger partial charge in [-0.2, -0.15) is 0 Å². The summed E-state index contributed by atoms with van der Waals surface area (Å²) in [5.74, 6) is -0.180. The lowest BCUT2D eigenvalue weighted by Gasteiger charge is -2.12. The average molecular weight is 305 g/mol. The molecule has 0 amide bonds. The first-order valence-corrected chi connectivity index (χ1v) is 8.09. The molecule has 0 aromatic carbocycles. The highest BCUT2D eigenvalue weighted by Crippen LogP contribution is 2.30. The topological polar surface area (TPSA) is 39.1 Å². The Hall–Kier alpha value is -1.46. The van der Waals surface area contributed by atoms with Crippen LogP contribution in [-0.2, 0) is 11.3 Å². The third-order valence-corrected chi connectivity index (χ3v) is 4.26. The number of halogens is 1. The molecule has 0 spiro atoms. The Morgan fingerprint density at radius 3 is 3.00 bits per heavy atom. The molecule has 1 N–H and O–H groups in total. The van der Waals surface area contributed by atoms with Crippen LogP contribution in [0.2, 0.25) is 0 Å². The molecule has 1 saturated carbocycles. The quantitative estimate of drug-likeness (QED) is 0.760. The zero-order valence-electron chi connectivity index (χ0n) is 13.3. The predicted molar refractivity (Wildman–Crippen MR) is 85.4 cm³/mol. The molecule has 4 nitrogen and oxygen atoms in total. The number of aryl methyl sites for hydroxylation is 1. The molecule has 1 fully saturated rings. The van der Waals surface area contributed by atoms with Crippen molar-refractivity contribution in [2.24, 2.45) is 0 Å². The number of rotatable bonds is 8. The number of methoxy groups -OCH3 is 1. The maximum atomic E-state index is 14.3. The van der Waals surface area contributed by atoms with E-state index in [-0.39, 0.29) is 11.9 Å². The molecule has 120 valence electrons. The smallest absolute Gasteiger partial charge is 0.143 e. The zero-order valence-corrected chi connectivity index (χ0v) is 13.3. The molecule has 0 bridgehead atoms. The monoisotopic (exact) mass is 305 g/mol. The van der Waals surface area contributed by atoms with Crippen molar-refractivity contribution in [3.63, 3.8) is 0 Å². The van der Waals surface area contributed by atoms with Gasteiger partial charge in [-0.1, -0.05) is 0 Å². The number of ether oxygens (including phenoxy) is 1. The first-order valence-electron chi connectivity index (χ1n) is 8.09. The summed E-state index contributed by atoms with van der Waals surface area (Å²) in [5, 5.41) is 4.21. The highest BCUT2D eigenvalue weighted by atomic mass is 19.1. The van der Waals surface area contributed by atoms with Crippen LogP contribution in [0, 0.1) is 5.82 Å². The third-order valence-electron chi connectivity index (χ3n) is 4.26. The van der Waals surface area contributed by atoms with Gasteiger partial charge in [-0.15, -0.1) is 0 Å². The summed E-state index contributed by atoms with van der Waals surface area (Å²) in [7, 11) is 1.71. The molecule has 0 aliphatic heterocycles. The van der Waals surface area contributed by atoms with E-state index in [9.17, 15) is 4.39 Å². The van der Waals surface area contributed by atoms with Crippen molar-refractivity contribution in [1.29, 1.82) is 0 Å². The van der Waals surface area contributed by atoms with E-state index in [0.717, 1.165) is 37.2 Å². The maximum Gasteiger partial charge on any atom is 0.143 e. The molecule has 22 heavy (non-hydrogen) atoms. The number of aromatic nitrogens is 2. The number of hydrogen-bond donors (Lipinski definition) is 1. The van der Waals surface area contributed by atoms with Crippen LogP contribution in [0.3, 0.4) is 0 Å². The maximum absolute atomic E-state index is 14.3. The van der Waals surface area contributed by atoms with Gasteiger partial charge in [-0.25, -0.2) is 9.37 Å². The second kappa shape index (κ2) is 6.75. The summed E-state index contributed by atoms with van der Waals surface area (Å²) >= 11 is 0. The molecule has 2 heterocycles. The van der Waals surface area contributed by atoms with Gasteiger partial charge in [-0.3, -0.25) is 0 Å².